The zero-order chi connectivity index (χ0) is 16.1. The zero-order valence-corrected chi connectivity index (χ0v) is 13.4. The van der Waals surface area contributed by atoms with Gasteiger partial charge in [0.15, 0.2) is 0 Å². The van der Waals surface area contributed by atoms with Crippen LogP contribution in [0.3, 0.4) is 0 Å². The number of aliphatic hydroxyl groups excluding tert-OH is 2. The summed E-state index contributed by atoms with van der Waals surface area (Å²) in [4.78, 5) is 2.22. The van der Waals surface area contributed by atoms with Crippen LogP contribution >= 0.6 is 0 Å². The number of aliphatic hydroxyl groups is 2. The van der Waals surface area contributed by atoms with E-state index in [1.165, 1.54) is 5.39 Å². The molecule has 2 N–H and O–H groups in total. The highest BCUT2D eigenvalue weighted by molar-refractivity contribution is 5.83. The maximum absolute atomic E-state index is 10.2. The molecule has 2 aromatic carbocycles. The number of piperidine rings is 1. The first-order valence-corrected chi connectivity index (χ1v) is 8.37. The van der Waals surface area contributed by atoms with Gasteiger partial charge in [0, 0.05) is 19.7 Å². The highest BCUT2D eigenvalue weighted by atomic mass is 16.5. The molecule has 124 valence electrons. The summed E-state index contributed by atoms with van der Waals surface area (Å²) < 4.78 is 5.74. The number of fused-ring (bicyclic) bond motifs is 1. The van der Waals surface area contributed by atoms with Crippen molar-refractivity contribution in [2.45, 2.75) is 18.9 Å². The van der Waals surface area contributed by atoms with E-state index < -0.39 is 6.10 Å². The minimum Gasteiger partial charge on any atom is -0.491 e. The maximum Gasteiger partial charge on any atom is 0.120 e. The van der Waals surface area contributed by atoms with Crippen LogP contribution in [0.15, 0.2) is 42.5 Å². The molecule has 1 fully saturated rings. The van der Waals surface area contributed by atoms with Gasteiger partial charge in [0.25, 0.3) is 0 Å². The van der Waals surface area contributed by atoms with Crippen LogP contribution in [-0.4, -0.2) is 54.1 Å². The molecule has 0 radical (unpaired) electrons. The molecule has 1 aliphatic rings. The van der Waals surface area contributed by atoms with Gasteiger partial charge in [-0.1, -0.05) is 30.3 Å². The van der Waals surface area contributed by atoms with Crippen LogP contribution in [0.25, 0.3) is 10.8 Å². The first kappa shape index (κ1) is 16.2. The summed E-state index contributed by atoms with van der Waals surface area (Å²) in [5.41, 5.74) is 0. The highest BCUT2D eigenvalue weighted by Gasteiger charge is 2.21. The third-order valence-corrected chi connectivity index (χ3v) is 4.49. The molecule has 2 atom stereocenters. The monoisotopic (exact) mass is 315 g/mol. The lowest BCUT2D eigenvalue weighted by Gasteiger charge is -2.33. The van der Waals surface area contributed by atoms with E-state index in [4.69, 9.17) is 4.74 Å². The first-order chi connectivity index (χ1) is 11.2. The molecule has 4 nitrogen and oxygen atoms in total. The second kappa shape index (κ2) is 7.77. The van der Waals surface area contributed by atoms with Crippen molar-refractivity contribution in [1.29, 1.82) is 0 Å². The first-order valence-electron chi connectivity index (χ1n) is 8.37. The van der Waals surface area contributed by atoms with E-state index in [1.54, 1.807) is 0 Å². The van der Waals surface area contributed by atoms with Crippen LogP contribution in [0.4, 0.5) is 0 Å². The summed E-state index contributed by atoms with van der Waals surface area (Å²) in [6, 6.07) is 14.1. The van der Waals surface area contributed by atoms with E-state index in [-0.39, 0.29) is 6.61 Å². The van der Waals surface area contributed by atoms with E-state index in [0.717, 1.165) is 37.1 Å². The number of rotatable bonds is 6. The average Bonchev–Trinajstić information content (AvgIpc) is 2.60. The van der Waals surface area contributed by atoms with Gasteiger partial charge in [0.1, 0.15) is 18.5 Å². The second-order valence-electron chi connectivity index (χ2n) is 6.42. The van der Waals surface area contributed by atoms with Crippen molar-refractivity contribution < 1.29 is 14.9 Å². The van der Waals surface area contributed by atoms with Crippen molar-refractivity contribution in [2.24, 2.45) is 5.92 Å². The topological polar surface area (TPSA) is 52.9 Å². The molecule has 0 aliphatic carbocycles. The second-order valence-corrected chi connectivity index (χ2v) is 6.42. The van der Waals surface area contributed by atoms with Gasteiger partial charge >= 0.3 is 0 Å². The molecule has 0 bridgehead atoms. The third-order valence-electron chi connectivity index (χ3n) is 4.49. The number of β-amino-alcohol motifs (C(OH)–C–C–N with tert-alkyl or cyclic N) is 1. The summed E-state index contributed by atoms with van der Waals surface area (Å²) in [6.07, 6.45) is 1.65. The van der Waals surface area contributed by atoms with Crippen molar-refractivity contribution >= 4 is 10.8 Å². The summed E-state index contributed by atoms with van der Waals surface area (Å²) in [7, 11) is 0. The van der Waals surface area contributed by atoms with Gasteiger partial charge in [-0.25, -0.2) is 0 Å². The molecule has 0 saturated carbocycles. The Morgan fingerprint density at radius 1 is 1.17 bits per heavy atom. The molecule has 1 heterocycles. The fourth-order valence-electron chi connectivity index (χ4n) is 3.27. The van der Waals surface area contributed by atoms with Gasteiger partial charge in [0.05, 0.1) is 0 Å². The van der Waals surface area contributed by atoms with Crippen molar-refractivity contribution in [3.63, 3.8) is 0 Å². The van der Waals surface area contributed by atoms with Crippen LogP contribution in [0.2, 0.25) is 0 Å². The van der Waals surface area contributed by atoms with Crippen LogP contribution in [-0.2, 0) is 0 Å². The molecule has 23 heavy (non-hydrogen) atoms. The third kappa shape index (κ3) is 4.44. The lowest BCUT2D eigenvalue weighted by molar-refractivity contribution is 0.0431. The maximum atomic E-state index is 10.2. The normalized spacial score (nSPS) is 20.5. The molecule has 0 amide bonds. The molecule has 0 spiro atoms. The number of benzene rings is 2. The van der Waals surface area contributed by atoms with Gasteiger partial charge in [-0.2, -0.15) is 0 Å². The summed E-state index contributed by atoms with van der Waals surface area (Å²) >= 11 is 0. The predicted molar refractivity (Wildman–Crippen MR) is 91.7 cm³/mol. The SMILES string of the molecule is OCC1CCCN(CC(O)COc2ccc3ccccc3c2)C1. The Morgan fingerprint density at radius 2 is 2.00 bits per heavy atom. The molecule has 0 aromatic heterocycles. The van der Waals surface area contributed by atoms with Gasteiger partial charge in [-0.15, -0.1) is 0 Å². The molecular formula is C19H25NO3. The Balaban J connectivity index is 1.50. The molecular weight excluding hydrogens is 290 g/mol. The highest BCUT2D eigenvalue weighted by Crippen LogP contribution is 2.21. The molecule has 1 saturated heterocycles. The minimum atomic E-state index is -0.515. The van der Waals surface area contributed by atoms with Gasteiger partial charge in [0.2, 0.25) is 0 Å². The Bertz CT molecular complexity index is 631. The van der Waals surface area contributed by atoms with Crippen molar-refractivity contribution in [1.82, 2.24) is 4.90 Å². The van der Waals surface area contributed by atoms with Crippen LogP contribution in [0, 0.1) is 5.92 Å². The lowest BCUT2D eigenvalue weighted by Crippen LogP contribution is -2.42. The summed E-state index contributed by atoms with van der Waals surface area (Å²) in [6.45, 7) is 2.98. The number of hydrogen-bond donors (Lipinski definition) is 2. The van der Waals surface area contributed by atoms with Gasteiger partial charge in [-0.05, 0) is 48.2 Å². The Labute approximate surface area is 137 Å². The van der Waals surface area contributed by atoms with E-state index in [2.05, 4.69) is 17.0 Å². The fraction of sp³-hybridized carbons (Fsp3) is 0.474. The molecule has 4 heteroatoms. The molecule has 2 unspecified atom stereocenters. The Hall–Kier alpha value is -1.62. The van der Waals surface area contributed by atoms with E-state index >= 15 is 0 Å². The van der Waals surface area contributed by atoms with E-state index in [1.807, 2.05) is 30.3 Å². The fourth-order valence-corrected chi connectivity index (χ4v) is 3.27. The summed E-state index contributed by atoms with van der Waals surface area (Å²) in [5.74, 6) is 1.13. The lowest BCUT2D eigenvalue weighted by atomic mass is 9.99. The zero-order valence-electron chi connectivity index (χ0n) is 13.4. The molecule has 2 aromatic rings. The smallest absolute Gasteiger partial charge is 0.120 e. The Kier molecular flexibility index (Phi) is 5.49. The Morgan fingerprint density at radius 3 is 2.83 bits per heavy atom. The van der Waals surface area contributed by atoms with E-state index in [0.29, 0.717) is 19.1 Å². The quantitative estimate of drug-likeness (QED) is 0.859. The average molecular weight is 315 g/mol. The standard InChI is InChI=1S/C19H25NO3/c21-13-15-4-3-9-20(11-15)12-18(22)14-23-19-8-7-16-5-1-2-6-17(16)10-19/h1-2,5-8,10,15,18,21-22H,3-4,9,11-14H2. The minimum absolute atomic E-state index is 0.236. The van der Waals surface area contributed by atoms with E-state index in [9.17, 15) is 10.2 Å². The van der Waals surface area contributed by atoms with Crippen LogP contribution in [0.1, 0.15) is 12.8 Å². The molecule has 1 aliphatic heterocycles. The predicted octanol–water partition coefficient (Wildman–Crippen LogP) is 2.28. The van der Waals surface area contributed by atoms with Gasteiger partial charge < -0.3 is 19.8 Å². The van der Waals surface area contributed by atoms with Crippen LogP contribution < -0.4 is 4.74 Å². The number of hydrogen-bond acceptors (Lipinski definition) is 4. The van der Waals surface area contributed by atoms with Crippen LogP contribution in [0.5, 0.6) is 5.75 Å². The number of ether oxygens (including phenoxy) is 1. The number of likely N-dealkylation sites (tertiary alicyclic amines) is 1. The largest absolute Gasteiger partial charge is 0.491 e. The molecule has 3 rings (SSSR count). The van der Waals surface area contributed by atoms with Crippen molar-refractivity contribution in [3.8, 4) is 5.75 Å². The van der Waals surface area contributed by atoms with Crippen molar-refractivity contribution in [3.05, 3.63) is 42.5 Å². The van der Waals surface area contributed by atoms with Gasteiger partial charge in [-0.3, -0.25) is 0 Å². The van der Waals surface area contributed by atoms with Crippen molar-refractivity contribution in [2.75, 3.05) is 32.8 Å². The number of nitrogens with zero attached hydrogens (tertiary/aromatic N) is 1. The summed E-state index contributed by atoms with van der Waals surface area (Å²) in [5, 5.41) is 21.8.